The molecule has 10 nitrogen and oxygen atoms in total. The molecule has 0 N–H and O–H groups in total. The van der Waals surface area contributed by atoms with Gasteiger partial charge in [-0.3, -0.25) is 0 Å². The van der Waals surface area contributed by atoms with Crippen LogP contribution >= 0.6 is 45.4 Å². The molecule has 558 valence electrons. The second kappa shape index (κ2) is 37.9. The van der Waals surface area contributed by atoms with Gasteiger partial charge in [0.05, 0.1) is 14.1 Å². The van der Waals surface area contributed by atoms with Crippen LogP contribution in [0.3, 0.4) is 0 Å². The van der Waals surface area contributed by atoms with Crippen LogP contribution in [0.2, 0.25) is 0 Å². The first kappa shape index (κ1) is 78.4. The summed E-state index contributed by atoms with van der Waals surface area (Å²) >= 11 is 0. The second-order valence-electron chi connectivity index (χ2n) is 25.4. The van der Waals surface area contributed by atoms with Crippen molar-refractivity contribution in [2.75, 3.05) is 0 Å². The maximum atomic E-state index is 15.6. The number of nitrogens with zero attached hydrogens (tertiary/aromatic N) is 2. The smallest absolute Gasteiger partial charge is 0.456 e. The summed E-state index contributed by atoms with van der Waals surface area (Å²) in [7, 11) is -17.3. The van der Waals surface area contributed by atoms with Gasteiger partial charge in [-0.15, -0.1) is 0 Å². The van der Waals surface area contributed by atoms with Crippen LogP contribution in [0.4, 0.5) is 0 Å². The van der Waals surface area contributed by atoms with Gasteiger partial charge in [-0.25, -0.2) is 9.13 Å². The Labute approximate surface area is 677 Å². The molecule has 16 rings (SSSR count). The van der Waals surface area contributed by atoms with Gasteiger partial charge in [-0.05, 0) is 122 Å². The first-order chi connectivity index (χ1) is 55.2. The van der Waals surface area contributed by atoms with Crippen LogP contribution in [0.5, 0.6) is 46.0 Å². The van der Waals surface area contributed by atoms with Gasteiger partial charge in [0.25, 0.3) is 0 Å². The van der Waals surface area contributed by atoms with Crippen LogP contribution in [0.25, 0.3) is 0 Å². The Morgan fingerprint density at radius 1 is 0.204 bits per heavy atom. The van der Waals surface area contributed by atoms with Crippen molar-refractivity contribution in [3.63, 3.8) is 0 Å². The largest absolute Gasteiger partial charge is 0.562 e. The number of para-hydroxylation sites is 8. The minimum Gasteiger partial charge on any atom is -0.456 e. The third-order valence-corrected chi connectivity index (χ3v) is 34.9. The second-order valence-corrected chi connectivity index (χ2v) is 39.4. The number of hydrogen-bond donors (Lipinski definition) is 0. The zero-order chi connectivity index (χ0) is 76.1. The third-order valence-electron chi connectivity index (χ3n) is 18.0. The predicted molar refractivity (Wildman–Crippen MR) is 469 cm³/mol. The molecule has 16 aromatic rings. The normalized spacial score (nSPS) is 11.3. The van der Waals surface area contributed by atoms with Crippen LogP contribution in [0, 0.1) is 0 Å². The van der Waals surface area contributed by atoms with E-state index >= 15 is 9.13 Å². The van der Waals surface area contributed by atoms with E-state index in [-0.39, 0.29) is 20.4 Å². The van der Waals surface area contributed by atoms with E-state index in [4.69, 9.17) is 36.6 Å². The third kappa shape index (κ3) is 18.8. The molecule has 0 aliphatic rings. The van der Waals surface area contributed by atoms with Gasteiger partial charge >= 0.3 is 15.5 Å². The van der Waals surface area contributed by atoms with E-state index in [1.54, 1.807) is 48.5 Å². The molecule has 0 aliphatic carbocycles. The van der Waals surface area contributed by atoms with Crippen molar-refractivity contribution in [1.82, 2.24) is 0 Å². The Bertz CT molecular complexity index is 5310. The summed E-state index contributed by atoms with van der Waals surface area (Å²) in [6.45, 7) is 0. The maximum absolute atomic E-state index is 15.6. The van der Waals surface area contributed by atoms with Gasteiger partial charge < -0.3 is 27.6 Å². The van der Waals surface area contributed by atoms with Crippen molar-refractivity contribution in [2.24, 2.45) is 9.03 Å². The quantitative estimate of drug-likeness (QED) is 0.0389. The first-order valence-electron chi connectivity index (χ1n) is 36.4. The summed E-state index contributed by atoms with van der Waals surface area (Å²) in [5, 5.41) is 12.0. The van der Waals surface area contributed by atoms with Crippen molar-refractivity contribution in [3.05, 3.63) is 461 Å². The molecule has 0 aromatic heterocycles. The molecule has 113 heavy (non-hydrogen) atoms. The van der Waals surface area contributed by atoms with Gasteiger partial charge in [-0.1, -0.05) is 376 Å². The fraction of sp³-hybridized carbons (Fsp3) is 0. The molecular weight excluding hydrogens is 1600 g/mol. The minimum absolute atomic E-state index is 0. The molecule has 0 saturated carbocycles. The molecule has 0 atom stereocenters. The number of ether oxygens (including phenoxy) is 2. The molecule has 0 saturated heterocycles. The van der Waals surface area contributed by atoms with Crippen molar-refractivity contribution in [3.8, 4) is 46.0 Å². The molecule has 0 radical (unpaired) electrons. The summed E-state index contributed by atoms with van der Waals surface area (Å²) in [6, 6.07) is 151. The molecule has 0 fully saturated rings. The van der Waals surface area contributed by atoms with Crippen LogP contribution in [-0.4, -0.2) is 0 Å². The van der Waals surface area contributed by atoms with E-state index in [2.05, 4.69) is 121 Å². The Kier molecular flexibility index (Phi) is 26.3. The average Bonchev–Trinajstić information content (AvgIpc) is 0.726. The van der Waals surface area contributed by atoms with Crippen molar-refractivity contribution < 1.29 is 57.1 Å². The van der Waals surface area contributed by atoms with Crippen LogP contribution < -0.4 is 91.2 Å². The molecule has 0 amide bonds. The fourth-order valence-electron chi connectivity index (χ4n) is 13.1. The average molecular weight is 1680 g/mol. The molecule has 0 bridgehead atoms. The Hall–Kier alpha value is -11.2. The summed E-state index contributed by atoms with van der Waals surface area (Å²) in [4.78, 5) is 0. The Balaban J connectivity index is 0.000000186. The van der Waals surface area contributed by atoms with E-state index in [1.807, 2.05) is 291 Å². The van der Waals surface area contributed by atoms with Crippen molar-refractivity contribution in [1.29, 1.82) is 0 Å². The topological polar surface area (TPSA) is 114 Å². The Morgan fingerprint density at radius 3 is 0.628 bits per heavy atom. The van der Waals surface area contributed by atoms with Gasteiger partial charge in [0.1, 0.15) is 46.0 Å². The molecule has 17 heteroatoms. The molecule has 0 spiro atoms. The molecule has 0 heterocycles. The zero-order valence-corrected chi connectivity index (χ0v) is 68.0. The van der Waals surface area contributed by atoms with E-state index in [9.17, 15) is 0 Å². The fourth-order valence-corrected chi connectivity index (χ4v) is 30.7. The summed E-state index contributed by atoms with van der Waals surface area (Å²) in [5.41, 5.74) is 0. The van der Waals surface area contributed by atoms with Gasteiger partial charge in [-0.2, -0.15) is 9.03 Å². The standard InChI is InChI=1S/2C48H38NO4P3.Pd/c2*50-56(52-39-23-7-1-8-24-39,53-40-25-9-2-10-26-40)49-55(43-31-15-5-16-32-43,44-33-17-6-18-34-44)48-38-22-20-36-46(48)51-45-35-19-21-37-47(45)54(41-27-11-3-12-28-41)42-29-13-4-14-30-42;/h2*1-38H;. The van der Waals surface area contributed by atoms with Gasteiger partial charge in [0, 0.05) is 62.9 Å². The molecule has 0 unspecified atom stereocenters. The monoisotopic (exact) mass is 1680 g/mol. The number of benzene rings is 16. The zero-order valence-electron chi connectivity index (χ0n) is 61.0. The van der Waals surface area contributed by atoms with Gasteiger partial charge in [0.15, 0.2) is 0 Å². The minimum atomic E-state index is -4.37. The predicted octanol–water partition coefficient (Wildman–Crippen LogP) is 22.0. The van der Waals surface area contributed by atoms with E-state index in [0.717, 1.165) is 53.9 Å². The summed E-state index contributed by atoms with van der Waals surface area (Å²) < 4.78 is 82.0. The summed E-state index contributed by atoms with van der Waals surface area (Å²) in [5.74, 6) is 4.14. The van der Waals surface area contributed by atoms with Crippen molar-refractivity contribution in [2.45, 2.75) is 0 Å². The van der Waals surface area contributed by atoms with Crippen LogP contribution in [-0.2, 0) is 29.6 Å². The SMILES string of the molecule is O=P(N=P(c1ccccc1)(c1ccccc1)c1ccccc1Oc1ccccc1P(c1ccccc1)c1ccccc1)(Oc1ccccc1)Oc1ccccc1.O=P(N=P(c1ccccc1)(c1ccccc1)c1ccccc1Oc1ccccc1P(c1ccccc1)c1ccccc1)(Oc1ccccc1)Oc1ccccc1.[Pd]. The molecule has 0 aliphatic heterocycles. The Morgan fingerprint density at radius 2 is 0.389 bits per heavy atom. The maximum Gasteiger partial charge on any atom is 0.562 e. The van der Waals surface area contributed by atoms with Crippen molar-refractivity contribution >= 4 is 109 Å². The van der Waals surface area contributed by atoms with E-state index < -0.39 is 45.4 Å². The van der Waals surface area contributed by atoms with Crippen LogP contribution in [0.15, 0.2) is 470 Å². The molecule has 16 aromatic carbocycles. The number of hydrogen-bond acceptors (Lipinski definition) is 8. The van der Waals surface area contributed by atoms with Gasteiger partial charge in [0.2, 0.25) is 0 Å². The number of rotatable bonds is 26. The van der Waals surface area contributed by atoms with E-state index in [0.29, 0.717) is 34.5 Å². The molecular formula is C96H76N2O8P6Pd. The summed E-state index contributed by atoms with van der Waals surface area (Å²) in [6.07, 6.45) is 0. The van der Waals surface area contributed by atoms with E-state index in [1.165, 1.54) is 21.2 Å². The first-order valence-corrected chi connectivity index (χ1v) is 45.6. The van der Waals surface area contributed by atoms with Crippen LogP contribution in [0.1, 0.15) is 0 Å².